The van der Waals surface area contributed by atoms with E-state index in [2.05, 4.69) is 4.90 Å². The van der Waals surface area contributed by atoms with Crippen molar-refractivity contribution < 1.29 is 0 Å². The molecular weight excluding hydrogens is 184 g/mol. The standard InChI is InChI=1S/C10H15ClN2/c1-13(2)10(7-12)8-3-5-9(11)6-4-8/h3-6,10H,7,12H2,1-2H3/t10-/m0/s1. The smallest absolute Gasteiger partial charge is 0.0464 e. The van der Waals surface area contributed by atoms with Crippen molar-refractivity contribution in [2.45, 2.75) is 6.04 Å². The SMILES string of the molecule is CN(C)[C@@H](CN)c1ccc(Cl)cc1. The van der Waals surface area contributed by atoms with Crippen LogP contribution in [0.4, 0.5) is 0 Å². The summed E-state index contributed by atoms with van der Waals surface area (Å²) in [7, 11) is 4.04. The van der Waals surface area contributed by atoms with E-state index in [0.717, 1.165) is 5.02 Å². The highest BCUT2D eigenvalue weighted by molar-refractivity contribution is 6.30. The number of likely N-dealkylation sites (N-methyl/N-ethyl adjacent to an activating group) is 1. The summed E-state index contributed by atoms with van der Waals surface area (Å²) in [5.74, 6) is 0. The Morgan fingerprint density at radius 1 is 1.31 bits per heavy atom. The van der Waals surface area contributed by atoms with E-state index in [4.69, 9.17) is 17.3 Å². The predicted molar refractivity (Wildman–Crippen MR) is 56.9 cm³/mol. The molecule has 0 aliphatic heterocycles. The zero-order valence-corrected chi connectivity index (χ0v) is 8.75. The zero-order chi connectivity index (χ0) is 9.84. The van der Waals surface area contributed by atoms with E-state index < -0.39 is 0 Å². The van der Waals surface area contributed by atoms with Crippen molar-refractivity contribution in [3.05, 3.63) is 34.9 Å². The van der Waals surface area contributed by atoms with Crippen LogP contribution in [0.5, 0.6) is 0 Å². The van der Waals surface area contributed by atoms with Crippen LogP contribution in [0.15, 0.2) is 24.3 Å². The largest absolute Gasteiger partial charge is 0.329 e. The fourth-order valence-electron chi connectivity index (χ4n) is 1.33. The van der Waals surface area contributed by atoms with Gasteiger partial charge < -0.3 is 10.6 Å². The van der Waals surface area contributed by atoms with E-state index in [0.29, 0.717) is 6.54 Å². The molecule has 0 radical (unpaired) electrons. The summed E-state index contributed by atoms with van der Waals surface area (Å²) in [6, 6.07) is 8.09. The van der Waals surface area contributed by atoms with Crippen molar-refractivity contribution in [2.75, 3.05) is 20.6 Å². The lowest BCUT2D eigenvalue weighted by atomic mass is 10.1. The zero-order valence-electron chi connectivity index (χ0n) is 8.00. The summed E-state index contributed by atoms with van der Waals surface area (Å²) in [5, 5.41) is 0.762. The van der Waals surface area contributed by atoms with Crippen LogP contribution in [0.1, 0.15) is 11.6 Å². The minimum Gasteiger partial charge on any atom is -0.329 e. The maximum atomic E-state index is 5.79. The molecule has 0 saturated carbocycles. The molecule has 72 valence electrons. The molecule has 0 fully saturated rings. The normalized spacial score (nSPS) is 13.3. The molecule has 0 aliphatic rings. The van der Waals surface area contributed by atoms with Gasteiger partial charge in [0.05, 0.1) is 0 Å². The fraction of sp³-hybridized carbons (Fsp3) is 0.400. The van der Waals surface area contributed by atoms with Crippen LogP contribution in [-0.4, -0.2) is 25.5 Å². The quantitative estimate of drug-likeness (QED) is 0.804. The predicted octanol–water partition coefficient (Wildman–Crippen LogP) is 1.90. The number of benzene rings is 1. The van der Waals surface area contributed by atoms with Gasteiger partial charge in [-0.3, -0.25) is 0 Å². The second kappa shape index (κ2) is 4.61. The van der Waals surface area contributed by atoms with Crippen LogP contribution in [-0.2, 0) is 0 Å². The van der Waals surface area contributed by atoms with Crippen LogP contribution in [0.2, 0.25) is 5.02 Å². The third-order valence-corrected chi connectivity index (χ3v) is 2.35. The Kier molecular flexibility index (Phi) is 3.72. The second-order valence-electron chi connectivity index (χ2n) is 3.27. The molecule has 2 N–H and O–H groups in total. The van der Waals surface area contributed by atoms with Crippen LogP contribution in [0.3, 0.4) is 0 Å². The lowest BCUT2D eigenvalue weighted by Gasteiger charge is -2.22. The van der Waals surface area contributed by atoms with Crippen molar-refractivity contribution >= 4 is 11.6 Å². The van der Waals surface area contributed by atoms with E-state index in [1.165, 1.54) is 5.56 Å². The Morgan fingerprint density at radius 3 is 2.23 bits per heavy atom. The summed E-state index contributed by atoms with van der Waals surface area (Å²) >= 11 is 5.79. The number of hydrogen-bond donors (Lipinski definition) is 1. The third-order valence-electron chi connectivity index (χ3n) is 2.10. The number of rotatable bonds is 3. The van der Waals surface area contributed by atoms with Crippen molar-refractivity contribution in [2.24, 2.45) is 5.73 Å². The van der Waals surface area contributed by atoms with E-state index in [9.17, 15) is 0 Å². The summed E-state index contributed by atoms with van der Waals surface area (Å²) in [6.07, 6.45) is 0. The molecule has 0 bridgehead atoms. The number of nitrogens with zero attached hydrogens (tertiary/aromatic N) is 1. The van der Waals surface area contributed by atoms with Gasteiger partial charge in [0.25, 0.3) is 0 Å². The minimum atomic E-state index is 0.275. The van der Waals surface area contributed by atoms with Gasteiger partial charge in [0, 0.05) is 17.6 Å². The lowest BCUT2D eigenvalue weighted by molar-refractivity contribution is 0.306. The van der Waals surface area contributed by atoms with Crippen molar-refractivity contribution in [3.63, 3.8) is 0 Å². The van der Waals surface area contributed by atoms with Gasteiger partial charge in [0.1, 0.15) is 0 Å². The van der Waals surface area contributed by atoms with Gasteiger partial charge in [-0.2, -0.15) is 0 Å². The van der Waals surface area contributed by atoms with Crippen LogP contribution < -0.4 is 5.73 Å². The molecule has 1 atom stereocenters. The van der Waals surface area contributed by atoms with Crippen molar-refractivity contribution in [3.8, 4) is 0 Å². The monoisotopic (exact) mass is 198 g/mol. The van der Waals surface area contributed by atoms with Gasteiger partial charge in [-0.15, -0.1) is 0 Å². The number of halogens is 1. The highest BCUT2D eigenvalue weighted by Gasteiger charge is 2.10. The molecule has 0 spiro atoms. The first-order chi connectivity index (χ1) is 6.15. The van der Waals surface area contributed by atoms with Crippen molar-refractivity contribution in [1.29, 1.82) is 0 Å². The summed E-state index contributed by atoms with van der Waals surface area (Å²) in [5.41, 5.74) is 6.87. The molecule has 0 amide bonds. The van der Waals surface area contributed by atoms with Gasteiger partial charge in [0.2, 0.25) is 0 Å². The average Bonchev–Trinajstić information content (AvgIpc) is 2.09. The maximum absolute atomic E-state index is 5.79. The van der Waals surface area contributed by atoms with Gasteiger partial charge in [0.15, 0.2) is 0 Å². The molecule has 1 rings (SSSR count). The Bertz CT molecular complexity index is 256. The Hall–Kier alpha value is -0.570. The summed E-state index contributed by atoms with van der Waals surface area (Å²) in [4.78, 5) is 2.10. The maximum Gasteiger partial charge on any atom is 0.0464 e. The Balaban J connectivity index is 2.86. The van der Waals surface area contributed by atoms with Crippen LogP contribution >= 0.6 is 11.6 Å². The molecule has 0 heterocycles. The van der Waals surface area contributed by atoms with Crippen molar-refractivity contribution in [1.82, 2.24) is 4.90 Å². The van der Waals surface area contributed by atoms with E-state index in [1.54, 1.807) is 0 Å². The Morgan fingerprint density at radius 2 is 1.85 bits per heavy atom. The number of hydrogen-bond acceptors (Lipinski definition) is 2. The highest BCUT2D eigenvalue weighted by atomic mass is 35.5. The van der Waals surface area contributed by atoms with Crippen LogP contribution in [0.25, 0.3) is 0 Å². The molecule has 0 aliphatic carbocycles. The highest BCUT2D eigenvalue weighted by Crippen LogP contribution is 2.18. The van der Waals surface area contributed by atoms with E-state index >= 15 is 0 Å². The molecule has 3 heteroatoms. The first-order valence-corrected chi connectivity index (χ1v) is 4.65. The molecule has 13 heavy (non-hydrogen) atoms. The van der Waals surface area contributed by atoms with Crippen LogP contribution in [0, 0.1) is 0 Å². The molecule has 0 unspecified atom stereocenters. The lowest BCUT2D eigenvalue weighted by Crippen LogP contribution is -2.27. The minimum absolute atomic E-state index is 0.275. The third kappa shape index (κ3) is 2.69. The summed E-state index contributed by atoms with van der Waals surface area (Å²) < 4.78 is 0. The van der Waals surface area contributed by atoms with Gasteiger partial charge in [-0.05, 0) is 31.8 Å². The van der Waals surface area contributed by atoms with Gasteiger partial charge in [-0.1, -0.05) is 23.7 Å². The first-order valence-electron chi connectivity index (χ1n) is 4.27. The summed E-state index contributed by atoms with van der Waals surface area (Å²) in [6.45, 7) is 0.620. The second-order valence-corrected chi connectivity index (χ2v) is 3.70. The van der Waals surface area contributed by atoms with Gasteiger partial charge in [-0.25, -0.2) is 0 Å². The molecule has 1 aromatic carbocycles. The molecule has 0 aromatic heterocycles. The van der Waals surface area contributed by atoms with Gasteiger partial charge >= 0.3 is 0 Å². The molecule has 2 nitrogen and oxygen atoms in total. The fourth-order valence-corrected chi connectivity index (χ4v) is 1.46. The molecule has 1 aromatic rings. The molecule has 0 saturated heterocycles. The molecular formula is C10H15ClN2. The van der Waals surface area contributed by atoms with E-state index in [-0.39, 0.29) is 6.04 Å². The first kappa shape index (κ1) is 10.5. The average molecular weight is 199 g/mol. The topological polar surface area (TPSA) is 29.3 Å². The Labute approximate surface area is 84.3 Å². The number of nitrogens with two attached hydrogens (primary N) is 1. The van der Waals surface area contributed by atoms with E-state index in [1.807, 2.05) is 38.4 Å².